The SMILES string of the molecule is NCc1cc(Br)ccc1Sc1ccc(F)c(F)c1. The van der Waals surface area contributed by atoms with Gasteiger partial charge in [0.05, 0.1) is 0 Å². The van der Waals surface area contributed by atoms with Crippen molar-refractivity contribution in [2.24, 2.45) is 5.73 Å². The van der Waals surface area contributed by atoms with E-state index in [9.17, 15) is 8.78 Å². The largest absolute Gasteiger partial charge is 0.326 e. The minimum absolute atomic E-state index is 0.394. The summed E-state index contributed by atoms with van der Waals surface area (Å²) >= 11 is 4.73. The molecule has 0 aliphatic heterocycles. The van der Waals surface area contributed by atoms with Crippen molar-refractivity contribution in [3.05, 3.63) is 58.1 Å². The monoisotopic (exact) mass is 329 g/mol. The molecular weight excluding hydrogens is 320 g/mol. The second-order valence-corrected chi connectivity index (χ2v) is 5.67. The van der Waals surface area contributed by atoms with Crippen LogP contribution in [0.5, 0.6) is 0 Å². The molecule has 0 aromatic heterocycles. The molecule has 0 spiro atoms. The summed E-state index contributed by atoms with van der Waals surface area (Å²) in [6.07, 6.45) is 0. The van der Waals surface area contributed by atoms with Crippen molar-refractivity contribution < 1.29 is 8.78 Å². The third-order valence-electron chi connectivity index (χ3n) is 2.36. The van der Waals surface area contributed by atoms with E-state index in [1.54, 1.807) is 6.07 Å². The van der Waals surface area contributed by atoms with Gasteiger partial charge in [0.1, 0.15) is 0 Å². The Balaban J connectivity index is 2.30. The number of hydrogen-bond acceptors (Lipinski definition) is 2. The van der Waals surface area contributed by atoms with Gasteiger partial charge < -0.3 is 5.73 Å². The Morgan fingerprint density at radius 3 is 2.50 bits per heavy atom. The van der Waals surface area contributed by atoms with Crippen LogP contribution in [0.4, 0.5) is 8.78 Å². The summed E-state index contributed by atoms with van der Waals surface area (Å²) < 4.78 is 26.9. The highest BCUT2D eigenvalue weighted by molar-refractivity contribution is 9.10. The summed E-state index contributed by atoms with van der Waals surface area (Å²) in [6, 6.07) is 9.56. The Morgan fingerprint density at radius 2 is 1.83 bits per heavy atom. The quantitative estimate of drug-likeness (QED) is 0.906. The van der Waals surface area contributed by atoms with E-state index in [0.717, 1.165) is 21.0 Å². The van der Waals surface area contributed by atoms with Crippen LogP contribution >= 0.6 is 27.7 Å². The Labute approximate surface area is 117 Å². The smallest absolute Gasteiger partial charge is 0.159 e. The molecule has 0 unspecified atom stereocenters. The summed E-state index contributed by atoms with van der Waals surface area (Å²) in [5.41, 5.74) is 6.62. The zero-order chi connectivity index (χ0) is 13.1. The average Bonchev–Trinajstić information content (AvgIpc) is 2.36. The van der Waals surface area contributed by atoms with Gasteiger partial charge in [0, 0.05) is 20.8 Å². The van der Waals surface area contributed by atoms with Crippen LogP contribution in [-0.4, -0.2) is 0 Å². The van der Waals surface area contributed by atoms with Gasteiger partial charge in [-0.05, 0) is 42.0 Å². The van der Waals surface area contributed by atoms with Crippen LogP contribution in [0.1, 0.15) is 5.56 Å². The topological polar surface area (TPSA) is 26.0 Å². The Morgan fingerprint density at radius 1 is 1.06 bits per heavy atom. The van der Waals surface area contributed by atoms with E-state index >= 15 is 0 Å². The van der Waals surface area contributed by atoms with E-state index in [1.165, 1.54) is 17.8 Å². The highest BCUT2D eigenvalue weighted by Crippen LogP contribution is 2.32. The normalized spacial score (nSPS) is 10.7. The van der Waals surface area contributed by atoms with Gasteiger partial charge >= 0.3 is 0 Å². The third-order valence-corrected chi connectivity index (χ3v) is 3.96. The molecule has 2 aromatic rings. The second kappa shape index (κ2) is 5.82. The minimum atomic E-state index is -0.841. The van der Waals surface area contributed by atoms with Gasteiger partial charge in [-0.3, -0.25) is 0 Å². The van der Waals surface area contributed by atoms with Crippen LogP contribution in [0, 0.1) is 11.6 Å². The van der Waals surface area contributed by atoms with Crippen LogP contribution in [0.2, 0.25) is 0 Å². The first-order valence-corrected chi connectivity index (χ1v) is 6.82. The van der Waals surface area contributed by atoms with Gasteiger partial charge in [0.15, 0.2) is 11.6 Å². The summed E-state index contributed by atoms with van der Waals surface area (Å²) in [7, 11) is 0. The van der Waals surface area contributed by atoms with E-state index in [0.29, 0.717) is 11.4 Å². The molecule has 0 aliphatic rings. The fraction of sp³-hybridized carbons (Fsp3) is 0.0769. The summed E-state index contributed by atoms with van der Waals surface area (Å²) in [6.45, 7) is 0.394. The second-order valence-electron chi connectivity index (χ2n) is 3.63. The van der Waals surface area contributed by atoms with Crippen LogP contribution in [-0.2, 0) is 6.54 Å². The highest BCUT2D eigenvalue weighted by Gasteiger charge is 2.07. The van der Waals surface area contributed by atoms with Crippen molar-refractivity contribution in [3.8, 4) is 0 Å². The number of halogens is 3. The molecule has 0 atom stereocenters. The molecule has 0 aliphatic carbocycles. The van der Waals surface area contributed by atoms with E-state index < -0.39 is 11.6 Å². The lowest BCUT2D eigenvalue weighted by atomic mass is 10.2. The van der Waals surface area contributed by atoms with E-state index in [-0.39, 0.29) is 0 Å². The molecule has 0 saturated carbocycles. The lowest BCUT2D eigenvalue weighted by Crippen LogP contribution is -1.98. The first-order valence-electron chi connectivity index (χ1n) is 5.21. The lowest BCUT2D eigenvalue weighted by Gasteiger charge is -2.08. The molecule has 0 fully saturated rings. The van der Waals surface area contributed by atoms with Gasteiger partial charge in [0.2, 0.25) is 0 Å². The molecule has 0 heterocycles. The minimum Gasteiger partial charge on any atom is -0.326 e. The predicted octanol–water partition coefficient (Wildman–Crippen LogP) is 4.34. The molecule has 0 saturated heterocycles. The maximum absolute atomic E-state index is 13.1. The first kappa shape index (κ1) is 13.5. The lowest BCUT2D eigenvalue weighted by molar-refractivity contribution is 0.506. The average molecular weight is 330 g/mol. The van der Waals surface area contributed by atoms with Crippen molar-refractivity contribution in [3.63, 3.8) is 0 Å². The van der Waals surface area contributed by atoms with Crippen molar-refractivity contribution in [2.75, 3.05) is 0 Å². The zero-order valence-electron chi connectivity index (χ0n) is 9.29. The third kappa shape index (κ3) is 3.10. The zero-order valence-corrected chi connectivity index (χ0v) is 11.7. The van der Waals surface area contributed by atoms with Crippen LogP contribution in [0.25, 0.3) is 0 Å². The molecule has 18 heavy (non-hydrogen) atoms. The molecule has 0 radical (unpaired) electrons. The van der Waals surface area contributed by atoms with Gasteiger partial charge in [-0.25, -0.2) is 8.78 Å². The van der Waals surface area contributed by atoms with Gasteiger partial charge in [0.25, 0.3) is 0 Å². The molecular formula is C13H10BrF2NS. The number of nitrogens with two attached hydrogens (primary N) is 1. The standard InChI is InChI=1S/C13H10BrF2NS/c14-9-1-4-13(8(5-9)7-17)18-10-2-3-11(15)12(16)6-10/h1-6H,7,17H2. The van der Waals surface area contributed by atoms with Crippen LogP contribution in [0.15, 0.2) is 50.7 Å². The Bertz CT molecular complexity index is 575. The summed E-state index contributed by atoms with van der Waals surface area (Å²) in [4.78, 5) is 1.58. The van der Waals surface area contributed by atoms with Gasteiger partial charge in [-0.2, -0.15) is 0 Å². The van der Waals surface area contributed by atoms with E-state index in [1.807, 2.05) is 18.2 Å². The van der Waals surface area contributed by atoms with Gasteiger partial charge in [-0.15, -0.1) is 0 Å². The highest BCUT2D eigenvalue weighted by atomic mass is 79.9. The van der Waals surface area contributed by atoms with Crippen molar-refractivity contribution >= 4 is 27.7 Å². The fourth-order valence-electron chi connectivity index (χ4n) is 1.47. The summed E-state index contributed by atoms with van der Waals surface area (Å²) in [5, 5.41) is 0. The van der Waals surface area contributed by atoms with Crippen LogP contribution in [0.3, 0.4) is 0 Å². The molecule has 2 rings (SSSR count). The summed E-state index contributed by atoms with van der Waals surface area (Å²) in [5.74, 6) is -1.68. The molecule has 0 bridgehead atoms. The molecule has 2 N–H and O–H groups in total. The number of hydrogen-bond donors (Lipinski definition) is 1. The predicted molar refractivity (Wildman–Crippen MR) is 72.5 cm³/mol. The maximum atomic E-state index is 13.1. The Kier molecular flexibility index (Phi) is 4.37. The van der Waals surface area contributed by atoms with Crippen molar-refractivity contribution in [2.45, 2.75) is 16.3 Å². The Hall–Kier alpha value is -0.910. The fourth-order valence-corrected chi connectivity index (χ4v) is 2.84. The molecule has 0 amide bonds. The van der Waals surface area contributed by atoms with Crippen molar-refractivity contribution in [1.29, 1.82) is 0 Å². The molecule has 1 nitrogen and oxygen atoms in total. The molecule has 94 valence electrons. The number of benzene rings is 2. The van der Waals surface area contributed by atoms with Gasteiger partial charge in [-0.1, -0.05) is 27.7 Å². The van der Waals surface area contributed by atoms with E-state index in [2.05, 4.69) is 15.9 Å². The molecule has 2 aromatic carbocycles. The molecule has 5 heteroatoms. The van der Waals surface area contributed by atoms with Crippen molar-refractivity contribution in [1.82, 2.24) is 0 Å². The first-order chi connectivity index (χ1) is 8.60. The van der Waals surface area contributed by atoms with E-state index in [4.69, 9.17) is 5.73 Å². The maximum Gasteiger partial charge on any atom is 0.159 e. The van der Waals surface area contributed by atoms with Crippen LogP contribution < -0.4 is 5.73 Å². The number of rotatable bonds is 3.